The van der Waals surface area contributed by atoms with Gasteiger partial charge in [-0.3, -0.25) is 14.6 Å². The molecule has 2 aromatic carbocycles. The third-order valence-corrected chi connectivity index (χ3v) is 6.59. The van der Waals surface area contributed by atoms with E-state index in [1.54, 1.807) is 12.4 Å². The number of benzene rings is 2. The summed E-state index contributed by atoms with van der Waals surface area (Å²) < 4.78 is 5.41. The van der Waals surface area contributed by atoms with Crippen LogP contribution in [0.15, 0.2) is 79.4 Å². The molecule has 0 aliphatic carbocycles. The Hall–Kier alpha value is -4.73. The summed E-state index contributed by atoms with van der Waals surface area (Å²) >= 11 is 0. The average Bonchev–Trinajstić information content (AvgIpc) is 3.49. The smallest absolute Gasteiger partial charge is 0.408 e. The van der Waals surface area contributed by atoms with E-state index in [9.17, 15) is 14.4 Å². The molecule has 0 radical (unpaired) electrons. The fourth-order valence-electron chi connectivity index (χ4n) is 4.37. The van der Waals surface area contributed by atoms with Crippen molar-refractivity contribution in [3.63, 3.8) is 0 Å². The van der Waals surface area contributed by atoms with Gasteiger partial charge in [0.1, 0.15) is 18.7 Å². The molecule has 0 fully saturated rings. The Morgan fingerprint density at radius 2 is 1.68 bits per heavy atom. The number of rotatable bonds is 13. The topological polar surface area (TPSA) is 138 Å². The van der Waals surface area contributed by atoms with Crippen molar-refractivity contribution >= 4 is 28.8 Å². The number of H-pyrrole nitrogens is 1. The maximum absolute atomic E-state index is 13.7. The lowest BCUT2D eigenvalue weighted by Gasteiger charge is -2.23. The molecule has 4 N–H and O–H groups in total. The lowest BCUT2D eigenvalue weighted by atomic mass is 10.0. The number of carbonyl (C=O) groups is 3. The molecule has 4 aromatic rings. The number of para-hydroxylation sites is 1. The lowest BCUT2D eigenvalue weighted by molar-refractivity contribution is -0.130. The highest BCUT2D eigenvalue weighted by molar-refractivity contribution is 5.92. The molecule has 0 aliphatic heterocycles. The molecule has 41 heavy (non-hydrogen) atoms. The fraction of sp³-hybridized carbons (Fsp3) is 0.323. The first kappa shape index (κ1) is 29.3. The Balaban J connectivity index is 1.53. The second kappa shape index (κ2) is 14.6. The Bertz CT molecular complexity index is 1420. The highest BCUT2D eigenvalue weighted by atomic mass is 16.5. The zero-order chi connectivity index (χ0) is 29.0. The third-order valence-electron chi connectivity index (χ3n) is 6.59. The minimum absolute atomic E-state index is 0.0531. The van der Waals surface area contributed by atoms with Gasteiger partial charge in [0.2, 0.25) is 11.8 Å². The van der Waals surface area contributed by atoms with Gasteiger partial charge < -0.3 is 25.7 Å². The number of hydrogen-bond donors (Lipinski definition) is 4. The molecule has 2 heterocycles. The molecule has 0 saturated heterocycles. The maximum atomic E-state index is 13.7. The van der Waals surface area contributed by atoms with Gasteiger partial charge in [-0.1, -0.05) is 68.4 Å². The summed E-state index contributed by atoms with van der Waals surface area (Å²) in [4.78, 5) is 51.2. The number of alkyl carbamates (subject to hydrolysis) is 1. The predicted octanol–water partition coefficient (Wildman–Crippen LogP) is 3.69. The normalized spacial score (nSPS) is 12.5. The fourth-order valence-corrected chi connectivity index (χ4v) is 4.37. The van der Waals surface area contributed by atoms with Crippen molar-refractivity contribution in [1.82, 2.24) is 30.9 Å². The van der Waals surface area contributed by atoms with Gasteiger partial charge in [0, 0.05) is 42.9 Å². The number of fused-ring (bicyclic) bond motifs is 1. The molecule has 10 heteroatoms. The van der Waals surface area contributed by atoms with Gasteiger partial charge in [-0.2, -0.15) is 0 Å². The minimum Gasteiger partial charge on any atom is -0.445 e. The molecule has 3 amide bonds. The summed E-state index contributed by atoms with van der Waals surface area (Å²) in [5.74, 6) is -0.412. The number of carbonyl (C=O) groups excluding carboxylic acids is 3. The number of imidazole rings is 1. The van der Waals surface area contributed by atoms with Crippen LogP contribution >= 0.6 is 0 Å². The van der Waals surface area contributed by atoms with Gasteiger partial charge in [0.05, 0.1) is 11.8 Å². The monoisotopic (exact) mass is 556 g/mol. The van der Waals surface area contributed by atoms with E-state index >= 15 is 0 Å². The van der Waals surface area contributed by atoms with Crippen molar-refractivity contribution in [2.24, 2.45) is 5.92 Å². The van der Waals surface area contributed by atoms with Crippen LogP contribution in [0.3, 0.4) is 0 Å². The van der Waals surface area contributed by atoms with Crippen LogP contribution in [0.25, 0.3) is 10.9 Å². The summed E-state index contributed by atoms with van der Waals surface area (Å²) in [5.41, 5.74) is 3.02. The number of ether oxygens (including phenoxy) is 1. The number of hydrogen-bond acceptors (Lipinski definition) is 6. The first-order valence-electron chi connectivity index (χ1n) is 13.7. The summed E-state index contributed by atoms with van der Waals surface area (Å²) in [6, 6.07) is 16.8. The van der Waals surface area contributed by atoms with E-state index in [-0.39, 0.29) is 25.4 Å². The van der Waals surface area contributed by atoms with Crippen molar-refractivity contribution < 1.29 is 19.1 Å². The van der Waals surface area contributed by atoms with Gasteiger partial charge in [-0.15, -0.1) is 0 Å². The molecule has 2 aromatic heterocycles. The molecular formula is C31H36N6O4. The van der Waals surface area contributed by atoms with Crippen LogP contribution in [0, 0.1) is 5.92 Å². The Morgan fingerprint density at radius 3 is 2.44 bits per heavy atom. The largest absolute Gasteiger partial charge is 0.445 e. The standard InChI is InChI=1S/C31H36N6O4/c1-21(2)13-15-34-29(38)27(17-25-18-32-20-35-25)36-30(39)26(37-31(40)41-19-22-8-4-3-5-9-22)16-24-11-6-10-23-12-7-14-33-28(23)24/h3-12,14,18,20-21,26-27H,13,15-17,19H2,1-2H3,(H,32,35)(H,34,38)(H,36,39)(H,37,40)/t26-,27-/m1/s1. The van der Waals surface area contributed by atoms with Crippen LogP contribution in [0.2, 0.25) is 0 Å². The van der Waals surface area contributed by atoms with Crippen LogP contribution in [0.1, 0.15) is 37.1 Å². The van der Waals surface area contributed by atoms with Crippen LogP contribution in [-0.2, 0) is 33.8 Å². The van der Waals surface area contributed by atoms with E-state index in [1.807, 2.05) is 60.7 Å². The second-order valence-electron chi connectivity index (χ2n) is 10.3. The van der Waals surface area contributed by atoms with Crippen molar-refractivity contribution in [3.8, 4) is 0 Å². The average molecular weight is 557 g/mol. The van der Waals surface area contributed by atoms with E-state index in [1.165, 1.54) is 6.33 Å². The molecule has 10 nitrogen and oxygen atoms in total. The van der Waals surface area contributed by atoms with Crippen molar-refractivity contribution in [2.75, 3.05) is 6.54 Å². The van der Waals surface area contributed by atoms with Crippen molar-refractivity contribution in [2.45, 2.75) is 51.8 Å². The Morgan fingerprint density at radius 1 is 0.902 bits per heavy atom. The van der Waals surface area contributed by atoms with Gasteiger partial charge in [-0.25, -0.2) is 9.78 Å². The molecule has 0 bridgehead atoms. The van der Waals surface area contributed by atoms with Gasteiger partial charge in [0.25, 0.3) is 0 Å². The maximum Gasteiger partial charge on any atom is 0.408 e. The van der Waals surface area contributed by atoms with Crippen molar-refractivity contribution in [1.29, 1.82) is 0 Å². The highest BCUT2D eigenvalue weighted by Gasteiger charge is 2.28. The summed E-state index contributed by atoms with van der Waals surface area (Å²) in [5, 5.41) is 9.39. The molecule has 2 atom stereocenters. The minimum atomic E-state index is -1.03. The van der Waals surface area contributed by atoms with E-state index in [0.29, 0.717) is 18.2 Å². The zero-order valence-electron chi connectivity index (χ0n) is 23.3. The number of pyridine rings is 1. The van der Waals surface area contributed by atoms with Crippen molar-refractivity contribution in [3.05, 3.63) is 96.2 Å². The molecule has 4 rings (SSSR count). The molecular weight excluding hydrogens is 520 g/mol. The molecule has 214 valence electrons. The van der Waals surface area contributed by atoms with E-state index in [0.717, 1.165) is 28.5 Å². The Kier molecular flexibility index (Phi) is 10.4. The Labute approximate surface area is 239 Å². The first-order chi connectivity index (χ1) is 19.9. The molecule has 0 aliphatic rings. The third kappa shape index (κ3) is 8.89. The predicted molar refractivity (Wildman–Crippen MR) is 156 cm³/mol. The SMILES string of the molecule is CC(C)CCNC(=O)[C@@H](Cc1cnc[nH]1)NC(=O)[C@@H](Cc1cccc2cccnc12)NC(=O)OCc1ccccc1. The van der Waals surface area contributed by atoms with Crippen LogP contribution in [0.4, 0.5) is 4.79 Å². The zero-order valence-corrected chi connectivity index (χ0v) is 23.3. The first-order valence-corrected chi connectivity index (χ1v) is 13.7. The van der Waals surface area contributed by atoms with Crippen LogP contribution in [0.5, 0.6) is 0 Å². The number of aromatic amines is 1. The number of nitrogens with zero attached hydrogens (tertiary/aromatic N) is 2. The molecule has 0 unspecified atom stereocenters. The highest BCUT2D eigenvalue weighted by Crippen LogP contribution is 2.18. The van der Waals surface area contributed by atoms with E-state index < -0.39 is 24.1 Å². The van der Waals surface area contributed by atoms with Gasteiger partial charge in [-0.05, 0) is 29.5 Å². The quantitative estimate of drug-likeness (QED) is 0.198. The van der Waals surface area contributed by atoms with Crippen LogP contribution in [-0.4, -0.2) is 51.5 Å². The number of nitrogens with one attached hydrogen (secondary N) is 4. The number of amides is 3. The lowest BCUT2D eigenvalue weighted by Crippen LogP contribution is -2.55. The van der Waals surface area contributed by atoms with E-state index in [4.69, 9.17) is 4.74 Å². The van der Waals surface area contributed by atoms with Gasteiger partial charge >= 0.3 is 6.09 Å². The van der Waals surface area contributed by atoms with Crippen LogP contribution < -0.4 is 16.0 Å². The summed E-state index contributed by atoms with van der Waals surface area (Å²) in [6.07, 6.45) is 5.23. The van der Waals surface area contributed by atoms with Gasteiger partial charge in [0.15, 0.2) is 0 Å². The molecule has 0 spiro atoms. The summed E-state index contributed by atoms with van der Waals surface area (Å²) in [7, 11) is 0. The second-order valence-corrected chi connectivity index (χ2v) is 10.3. The number of aromatic nitrogens is 3. The summed E-state index contributed by atoms with van der Waals surface area (Å²) in [6.45, 7) is 4.69. The molecule has 0 saturated carbocycles. The van der Waals surface area contributed by atoms with E-state index in [2.05, 4.69) is 44.7 Å².